The van der Waals surface area contributed by atoms with Crippen molar-refractivity contribution in [1.82, 2.24) is 4.57 Å². The fraction of sp³-hybridized carbons (Fsp3) is 0.263. The Balaban J connectivity index is 2.08. The maximum Gasteiger partial charge on any atom is 0.231 e. The van der Waals surface area contributed by atoms with Gasteiger partial charge in [0.1, 0.15) is 5.75 Å². The third-order valence-corrected chi connectivity index (χ3v) is 5.73. The lowest BCUT2D eigenvalue weighted by molar-refractivity contribution is 0.340. The van der Waals surface area contributed by atoms with E-state index in [0.29, 0.717) is 18.0 Å². The Bertz CT molecular complexity index is 1050. The predicted molar refractivity (Wildman–Crippen MR) is 107 cm³/mol. The fourth-order valence-electron chi connectivity index (χ4n) is 3.07. The average Bonchev–Trinajstić information content (AvgIpc) is 2.85. The number of nitrogens with two attached hydrogens (primary N) is 1. The van der Waals surface area contributed by atoms with Gasteiger partial charge in [-0.05, 0) is 31.2 Å². The highest BCUT2D eigenvalue weighted by Crippen LogP contribution is 2.37. The van der Waals surface area contributed by atoms with Crippen LogP contribution in [0, 0.1) is 0 Å². The molecule has 0 radical (unpaired) electrons. The molecule has 26 heavy (non-hydrogen) atoms. The topological polar surface area (TPSA) is 77.6 Å². The van der Waals surface area contributed by atoms with Crippen molar-refractivity contribution in [1.29, 1.82) is 0 Å². The molecule has 0 aliphatic heterocycles. The first-order valence-electron chi connectivity index (χ1n) is 8.29. The molecule has 0 spiro atoms. The second-order valence-corrected chi connectivity index (χ2v) is 8.22. The number of fused-ring (bicyclic) bond motifs is 1. The summed E-state index contributed by atoms with van der Waals surface area (Å²) in [6, 6.07) is 13.2. The van der Waals surface area contributed by atoms with Gasteiger partial charge in [0.05, 0.1) is 35.4 Å². The number of rotatable bonds is 5. The van der Waals surface area contributed by atoms with Gasteiger partial charge in [0, 0.05) is 31.1 Å². The standard InChI is InChI=1S/C19H23N3O3S/c1-5-25-15-10-11-16-17(12-15)21(2)19(18(16)20)13-6-8-14(9-7-13)22(3)26(4,23)24/h6-12H,5,20H2,1-4H3. The molecule has 3 aromatic rings. The molecule has 0 unspecified atom stereocenters. The number of ether oxygens (including phenoxy) is 1. The van der Waals surface area contributed by atoms with Gasteiger partial charge in [-0.25, -0.2) is 8.42 Å². The molecule has 0 saturated heterocycles. The molecule has 0 aliphatic rings. The Labute approximate surface area is 153 Å². The minimum atomic E-state index is -3.29. The first kappa shape index (κ1) is 18.1. The minimum absolute atomic E-state index is 0.604. The number of hydrogen-bond donors (Lipinski definition) is 1. The second kappa shape index (κ2) is 6.57. The first-order valence-corrected chi connectivity index (χ1v) is 10.1. The fourth-order valence-corrected chi connectivity index (χ4v) is 3.58. The lowest BCUT2D eigenvalue weighted by Crippen LogP contribution is -2.24. The van der Waals surface area contributed by atoms with Crippen LogP contribution in [-0.2, 0) is 17.1 Å². The summed E-state index contributed by atoms with van der Waals surface area (Å²) in [6.45, 7) is 2.55. The van der Waals surface area contributed by atoms with Gasteiger partial charge in [0.25, 0.3) is 0 Å². The molecule has 0 atom stereocenters. The Morgan fingerprint density at radius 3 is 2.38 bits per heavy atom. The molecule has 2 N–H and O–H groups in total. The molecule has 1 heterocycles. The van der Waals surface area contributed by atoms with E-state index in [4.69, 9.17) is 10.5 Å². The van der Waals surface area contributed by atoms with Crippen LogP contribution in [0.1, 0.15) is 6.92 Å². The van der Waals surface area contributed by atoms with E-state index in [1.54, 1.807) is 12.1 Å². The van der Waals surface area contributed by atoms with E-state index in [1.165, 1.54) is 17.6 Å². The van der Waals surface area contributed by atoms with Crippen LogP contribution in [0.25, 0.3) is 22.2 Å². The zero-order valence-corrected chi connectivity index (χ0v) is 16.2. The van der Waals surface area contributed by atoms with Crippen LogP contribution in [0.2, 0.25) is 0 Å². The summed E-state index contributed by atoms with van der Waals surface area (Å²) in [5, 5.41) is 0.961. The van der Waals surface area contributed by atoms with E-state index in [0.717, 1.165) is 27.9 Å². The zero-order chi connectivity index (χ0) is 19.1. The molecule has 3 rings (SSSR count). The number of aryl methyl sites for hydroxylation is 1. The lowest BCUT2D eigenvalue weighted by atomic mass is 10.1. The van der Waals surface area contributed by atoms with Crippen LogP contribution >= 0.6 is 0 Å². The number of benzene rings is 2. The van der Waals surface area contributed by atoms with Gasteiger partial charge in [-0.3, -0.25) is 4.31 Å². The van der Waals surface area contributed by atoms with Crippen LogP contribution in [0.3, 0.4) is 0 Å². The molecular weight excluding hydrogens is 350 g/mol. The van der Waals surface area contributed by atoms with E-state index in [9.17, 15) is 8.42 Å². The predicted octanol–water partition coefficient (Wildman–Crippen LogP) is 3.22. The molecule has 2 aromatic carbocycles. The Kier molecular flexibility index (Phi) is 4.58. The molecular formula is C19H23N3O3S. The van der Waals surface area contributed by atoms with Crippen molar-refractivity contribution in [3.05, 3.63) is 42.5 Å². The van der Waals surface area contributed by atoms with E-state index in [2.05, 4.69) is 0 Å². The normalized spacial score (nSPS) is 11.7. The van der Waals surface area contributed by atoms with Crippen molar-refractivity contribution < 1.29 is 13.2 Å². The second-order valence-electron chi connectivity index (χ2n) is 6.21. The summed E-state index contributed by atoms with van der Waals surface area (Å²) in [5.41, 5.74) is 10.5. The Morgan fingerprint density at radius 1 is 1.15 bits per heavy atom. The highest BCUT2D eigenvalue weighted by Gasteiger charge is 2.16. The molecule has 0 fully saturated rings. The van der Waals surface area contributed by atoms with Gasteiger partial charge in [-0.1, -0.05) is 12.1 Å². The zero-order valence-electron chi connectivity index (χ0n) is 15.4. The number of hydrogen-bond acceptors (Lipinski definition) is 4. The molecule has 1 aromatic heterocycles. The molecule has 0 aliphatic carbocycles. The quantitative estimate of drug-likeness (QED) is 0.745. The molecule has 6 nitrogen and oxygen atoms in total. The SMILES string of the molecule is CCOc1ccc2c(N)c(-c3ccc(N(C)S(C)(=O)=O)cc3)n(C)c2c1. The van der Waals surface area contributed by atoms with Gasteiger partial charge in [-0.2, -0.15) is 0 Å². The molecule has 7 heteroatoms. The number of aromatic nitrogens is 1. The van der Waals surface area contributed by atoms with Crippen molar-refractivity contribution in [2.45, 2.75) is 6.92 Å². The lowest BCUT2D eigenvalue weighted by Gasteiger charge is -2.17. The van der Waals surface area contributed by atoms with Crippen LogP contribution in [0.15, 0.2) is 42.5 Å². The molecule has 138 valence electrons. The van der Waals surface area contributed by atoms with E-state index in [-0.39, 0.29) is 0 Å². The maximum atomic E-state index is 11.7. The first-order chi connectivity index (χ1) is 12.2. The largest absolute Gasteiger partial charge is 0.494 e. The smallest absolute Gasteiger partial charge is 0.231 e. The number of nitrogens with zero attached hydrogens (tertiary/aromatic N) is 2. The number of nitrogen functional groups attached to an aromatic ring is 1. The summed E-state index contributed by atoms with van der Waals surface area (Å²) in [6.07, 6.45) is 1.18. The van der Waals surface area contributed by atoms with Gasteiger partial charge in [0.2, 0.25) is 10.0 Å². The van der Waals surface area contributed by atoms with Crippen molar-refractivity contribution >= 4 is 32.3 Å². The van der Waals surface area contributed by atoms with Crippen LogP contribution < -0.4 is 14.8 Å². The third kappa shape index (κ3) is 3.10. The summed E-state index contributed by atoms with van der Waals surface area (Å²) >= 11 is 0. The highest BCUT2D eigenvalue weighted by molar-refractivity contribution is 7.92. The summed E-state index contributed by atoms with van der Waals surface area (Å²) in [7, 11) is 0.200. The average molecular weight is 373 g/mol. The van der Waals surface area contributed by atoms with Crippen molar-refractivity contribution in [2.24, 2.45) is 7.05 Å². The number of anilines is 2. The van der Waals surface area contributed by atoms with Crippen molar-refractivity contribution in [3.63, 3.8) is 0 Å². The monoisotopic (exact) mass is 373 g/mol. The van der Waals surface area contributed by atoms with E-state index >= 15 is 0 Å². The van der Waals surface area contributed by atoms with E-state index < -0.39 is 10.0 Å². The van der Waals surface area contributed by atoms with E-state index in [1.807, 2.05) is 48.9 Å². The van der Waals surface area contributed by atoms with Crippen LogP contribution in [-0.4, -0.2) is 32.9 Å². The molecule has 0 amide bonds. The number of sulfonamides is 1. The molecule has 0 saturated carbocycles. The van der Waals surface area contributed by atoms with Gasteiger partial charge in [0.15, 0.2) is 0 Å². The van der Waals surface area contributed by atoms with Crippen LogP contribution in [0.5, 0.6) is 5.75 Å². The van der Waals surface area contributed by atoms with Gasteiger partial charge in [-0.15, -0.1) is 0 Å². The highest BCUT2D eigenvalue weighted by atomic mass is 32.2. The van der Waals surface area contributed by atoms with Gasteiger partial charge >= 0.3 is 0 Å². The Hall–Kier alpha value is -2.67. The molecule has 0 bridgehead atoms. The minimum Gasteiger partial charge on any atom is -0.494 e. The Morgan fingerprint density at radius 2 is 1.81 bits per heavy atom. The van der Waals surface area contributed by atoms with Crippen molar-refractivity contribution in [2.75, 3.05) is 29.9 Å². The van der Waals surface area contributed by atoms with Crippen molar-refractivity contribution in [3.8, 4) is 17.0 Å². The van der Waals surface area contributed by atoms with Crippen LogP contribution in [0.4, 0.5) is 11.4 Å². The van der Waals surface area contributed by atoms with Gasteiger partial charge < -0.3 is 15.0 Å². The summed E-state index contributed by atoms with van der Waals surface area (Å²) in [4.78, 5) is 0. The third-order valence-electron chi connectivity index (χ3n) is 4.52. The summed E-state index contributed by atoms with van der Waals surface area (Å²) in [5.74, 6) is 0.803. The summed E-state index contributed by atoms with van der Waals surface area (Å²) < 4.78 is 32.2. The maximum absolute atomic E-state index is 11.7.